The van der Waals surface area contributed by atoms with Crippen LogP contribution in [0.3, 0.4) is 0 Å². The molecule has 3 rings (SSSR count). The Morgan fingerprint density at radius 1 is 1.09 bits per heavy atom. The number of aryl methyl sites for hydroxylation is 2. The van der Waals surface area contributed by atoms with Crippen molar-refractivity contribution in [2.45, 2.75) is 31.2 Å². The second kappa shape index (κ2) is 6.37. The fourth-order valence-corrected chi connectivity index (χ4v) is 2.90. The lowest BCUT2D eigenvalue weighted by molar-refractivity contribution is 0.509. The molecule has 0 aliphatic rings. The summed E-state index contributed by atoms with van der Waals surface area (Å²) in [7, 11) is 0. The molecule has 23 heavy (non-hydrogen) atoms. The van der Waals surface area contributed by atoms with Gasteiger partial charge in [-0.05, 0) is 32.9 Å². The number of aromatic nitrogens is 4. The van der Waals surface area contributed by atoms with Gasteiger partial charge in [0, 0.05) is 17.3 Å². The summed E-state index contributed by atoms with van der Waals surface area (Å²) in [5.74, 6) is 1.50. The summed E-state index contributed by atoms with van der Waals surface area (Å²) >= 11 is 1.44. The molecule has 2 N–H and O–H groups in total. The number of benzene rings is 1. The minimum atomic E-state index is -0.0668. The zero-order chi connectivity index (χ0) is 16.4. The highest BCUT2D eigenvalue weighted by molar-refractivity contribution is 7.99. The molecule has 0 aliphatic heterocycles. The first kappa shape index (κ1) is 15.5. The lowest BCUT2D eigenvalue weighted by Crippen LogP contribution is -1.98. The van der Waals surface area contributed by atoms with Gasteiger partial charge in [-0.15, -0.1) is 10.2 Å². The Hall–Kier alpha value is -2.41. The average Bonchev–Trinajstić information content (AvgIpc) is 2.97. The monoisotopic (exact) mass is 327 g/mol. The van der Waals surface area contributed by atoms with Crippen LogP contribution in [0.2, 0.25) is 0 Å². The third-order valence-corrected chi connectivity index (χ3v) is 4.17. The highest BCUT2D eigenvalue weighted by Crippen LogP contribution is 2.33. The number of rotatable bonds is 4. The number of hydrogen-bond acceptors (Lipinski definition) is 7. The molecular formula is C16H17N5OS. The molecule has 0 saturated carbocycles. The van der Waals surface area contributed by atoms with Gasteiger partial charge < -0.3 is 10.2 Å². The van der Waals surface area contributed by atoms with Crippen LogP contribution < -0.4 is 5.73 Å². The minimum Gasteiger partial charge on any atom is -0.419 e. The van der Waals surface area contributed by atoms with Crippen LogP contribution in [0.1, 0.15) is 29.3 Å². The van der Waals surface area contributed by atoms with E-state index in [2.05, 4.69) is 20.2 Å². The summed E-state index contributed by atoms with van der Waals surface area (Å²) < 4.78 is 5.77. The van der Waals surface area contributed by atoms with Gasteiger partial charge in [-0.3, -0.25) is 0 Å². The highest BCUT2D eigenvalue weighted by Gasteiger charge is 2.18. The molecule has 1 aromatic carbocycles. The van der Waals surface area contributed by atoms with Gasteiger partial charge in [0.25, 0.3) is 0 Å². The van der Waals surface area contributed by atoms with E-state index in [9.17, 15) is 0 Å². The fourth-order valence-electron chi connectivity index (χ4n) is 2.04. The van der Waals surface area contributed by atoms with Crippen molar-refractivity contribution in [2.75, 3.05) is 5.73 Å². The smallest absolute Gasteiger partial charge is 0.247 e. The molecule has 0 fully saturated rings. The van der Waals surface area contributed by atoms with E-state index in [0.29, 0.717) is 22.8 Å². The van der Waals surface area contributed by atoms with E-state index in [1.807, 2.05) is 45.0 Å². The van der Waals surface area contributed by atoms with Crippen molar-refractivity contribution < 1.29 is 4.42 Å². The Balaban J connectivity index is 1.78. The van der Waals surface area contributed by atoms with Gasteiger partial charge >= 0.3 is 0 Å². The van der Waals surface area contributed by atoms with E-state index >= 15 is 0 Å². The normalized spacial score (nSPS) is 12.3. The molecule has 2 aromatic heterocycles. The van der Waals surface area contributed by atoms with Crippen LogP contribution in [0.15, 0.2) is 39.9 Å². The number of nitrogens with two attached hydrogens (primary N) is 1. The second-order valence-electron chi connectivity index (χ2n) is 5.29. The van der Waals surface area contributed by atoms with Crippen molar-refractivity contribution >= 4 is 17.6 Å². The Labute approximate surface area is 138 Å². The molecule has 0 spiro atoms. The predicted octanol–water partition coefficient (Wildman–Crippen LogP) is 3.58. The van der Waals surface area contributed by atoms with Crippen LogP contribution in [-0.2, 0) is 0 Å². The van der Waals surface area contributed by atoms with E-state index in [4.69, 9.17) is 10.2 Å². The van der Waals surface area contributed by atoms with Gasteiger partial charge in [0.15, 0.2) is 5.16 Å². The molecule has 118 valence electrons. The van der Waals surface area contributed by atoms with Crippen molar-refractivity contribution in [1.29, 1.82) is 0 Å². The molecule has 2 heterocycles. The fraction of sp³-hybridized carbons (Fsp3) is 0.250. The number of anilines is 1. The Bertz CT molecular complexity index is 795. The van der Waals surface area contributed by atoms with Crippen molar-refractivity contribution in [1.82, 2.24) is 20.2 Å². The molecule has 3 aromatic rings. The standard InChI is InChI=1S/C16H17N5OS/c1-9-4-6-12(7-5-9)15-21-20-14(22-15)11(3)23-16-18-10(2)8-13(17)19-16/h4-8,11H,1-3H3,(H2,17,18,19). The van der Waals surface area contributed by atoms with Gasteiger partial charge in [-0.2, -0.15) is 0 Å². The Morgan fingerprint density at radius 3 is 2.52 bits per heavy atom. The molecule has 1 atom stereocenters. The number of hydrogen-bond donors (Lipinski definition) is 1. The van der Waals surface area contributed by atoms with Crippen LogP contribution in [-0.4, -0.2) is 20.2 Å². The number of nitrogen functional groups attached to an aromatic ring is 1. The van der Waals surface area contributed by atoms with Gasteiger partial charge in [-0.25, -0.2) is 9.97 Å². The predicted molar refractivity (Wildman–Crippen MR) is 89.9 cm³/mol. The Kier molecular flexibility index (Phi) is 4.29. The molecule has 0 saturated heterocycles. The van der Waals surface area contributed by atoms with Crippen molar-refractivity contribution in [3.05, 3.63) is 47.5 Å². The minimum absolute atomic E-state index is 0.0668. The molecule has 0 radical (unpaired) electrons. The zero-order valence-electron chi connectivity index (χ0n) is 13.1. The molecule has 0 bridgehead atoms. The second-order valence-corrected chi connectivity index (χ2v) is 6.60. The zero-order valence-corrected chi connectivity index (χ0v) is 14.0. The maximum Gasteiger partial charge on any atom is 0.247 e. The van der Waals surface area contributed by atoms with Crippen LogP contribution >= 0.6 is 11.8 Å². The molecule has 7 heteroatoms. The van der Waals surface area contributed by atoms with Gasteiger partial charge in [0.05, 0.1) is 5.25 Å². The summed E-state index contributed by atoms with van der Waals surface area (Å²) in [5.41, 5.74) is 8.67. The van der Waals surface area contributed by atoms with E-state index in [1.165, 1.54) is 17.3 Å². The van der Waals surface area contributed by atoms with Gasteiger partial charge in [0.1, 0.15) is 5.82 Å². The van der Waals surface area contributed by atoms with Crippen LogP contribution in [0.5, 0.6) is 0 Å². The Morgan fingerprint density at radius 2 is 1.83 bits per heavy atom. The van der Waals surface area contributed by atoms with E-state index in [1.54, 1.807) is 6.07 Å². The highest BCUT2D eigenvalue weighted by atomic mass is 32.2. The third kappa shape index (κ3) is 3.68. The molecular weight excluding hydrogens is 310 g/mol. The van der Waals surface area contributed by atoms with Gasteiger partial charge in [-0.1, -0.05) is 29.5 Å². The summed E-state index contributed by atoms with van der Waals surface area (Å²) in [6, 6.07) is 9.70. The van der Waals surface area contributed by atoms with Crippen LogP contribution in [0, 0.1) is 13.8 Å². The molecule has 1 unspecified atom stereocenters. The third-order valence-electron chi connectivity index (χ3n) is 3.22. The first-order valence-corrected chi connectivity index (χ1v) is 8.07. The van der Waals surface area contributed by atoms with E-state index < -0.39 is 0 Å². The lowest BCUT2D eigenvalue weighted by Gasteiger charge is -2.06. The van der Waals surface area contributed by atoms with Crippen LogP contribution in [0.25, 0.3) is 11.5 Å². The largest absolute Gasteiger partial charge is 0.419 e. The van der Waals surface area contributed by atoms with Gasteiger partial charge in [0.2, 0.25) is 11.8 Å². The van der Waals surface area contributed by atoms with Crippen molar-refractivity contribution in [3.63, 3.8) is 0 Å². The topological polar surface area (TPSA) is 90.7 Å². The summed E-state index contributed by atoms with van der Waals surface area (Å²) in [6.07, 6.45) is 0. The SMILES string of the molecule is Cc1ccc(-c2nnc(C(C)Sc3nc(C)cc(N)n3)o2)cc1. The van der Waals surface area contributed by atoms with Crippen molar-refractivity contribution in [2.24, 2.45) is 0 Å². The molecule has 0 amide bonds. The van der Waals surface area contributed by atoms with E-state index in [-0.39, 0.29) is 5.25 Å². The summed E-state index contributed by atoms with van der Waals surface area (Å²) in [4.78, 5) is 8.57. The first-order chi connectivity index (χ1) is 11.0. The maximum atomic E-state index is 5.77. The lowest BCUT2D eigenvalue weighted by atomic mass is 10.1. The molecule has 0 aliphatic carbocycles. The molecule has 6 nitrogen and oxygen atoms in total. The number of nitrogens with zero attached hydrogens (tertiary/aromatic N) is 4. The average molecular weight is 327 g/mol. The van der Waals surface area contributed by atoms with Crippen molar-refractivity contribution in [3.8, 4) is 11.5 Å². The summed E-state index contributed by atoms with van der Waals surface area (Å²) in [6.45, 7) is 5.89. The summed E-state index contributed by atoms with van der Waals surface area (Å²) in [5, 5.41) is 8.79. The van der Waals surface area contributed by atoms with E-state index in [0.717, 1.165) is 11.3 Å². The number of thioether (sulfide) groups is 1. The quantitative estimate of drug-likeness (QED) is 0.578. The van der Waals surface area contributed by atoms with Crippen LogP contribution in [0.4, 0.5) is 5.82 Å². The maximum absolute atomic E-state index is 5.77. The first-order valence-electron chi connectivity index (χ1n) is 7.19.